The van der Waals surface area contributed by atoms with Crippen molar-refractivity contribution in [2.24, 2.45) is 0 Å². The van der Waals surface area contributed by atoms with Crippen LogP contribution in [0.15, 0.2) is 61.2 Å². The van der Waals surface area contributed by atoms with E-state index in [-0.39, 0.29) is 25.0 Å². The maximum absolute atomic E-state index is 11.7. The third kappa shape index (κ3) is 12.3. The van der Waals surface area contributed by atoms with Crippen molar-refractivity contribution in [1.82, 2.24) is 9.99 Å². The van der Waals surface area contributed by atoms with E-state index in [1.54, 1.807) is 6.08 Å². The monoisotopic (exact) mass is 630 g/mol. The number of alkyl carbamates (subject to hydrolysis) is 1. The number of hydrogen-bond donors (Lipinski definition) is 2. The molecule has 0 aromatic heterocycles. The summed E-state index contributed by atoms with van der Waals surface area (Å²) >= 11 is 0. The average Bonchev–Trinajstić information content (AvgIpc) is 3.28. The Balaban J connectivity index is 0.000000307. The quantitative estimate of drug-likeness (QED) is 0.0922. The Morgan fingerprint density at radius 2 is 1.57 bits per heavy atom. The van der Waals surface area contributed by atoms with E-state index < -0.39 is 20.2 Å². The third-order valence-corrected chi connectivity index (χ3v) is 8.50. The van der Waals surface area contributed by atoms with Crippen molar-refractivity contribution in [3.05, 3.63) is 72.3 Å². The largest absolute Gasteiger partial charge is 0.460 e. The van der Waals surface area contributed by atoms with Crippen LogP contribution in [-0.4, -0.2) is 72.5 Å². The number of rotatable bonds is 15. The van der Waals surface area contributed by atoms with E-state index in [1.807, 2.05) is 45.0 Å². The van der Waals surface area contributed by atoms with Gasteiger partial charge in [-0.25, -0.2) is 9.46 Å². The highest BCUT2D eigenvalue weighted by Crippen LogP contribution is 2.46. The number of esters is 1. The normalized spacial score (nSPS) is 13.2. The standard InChI is InChI=1S/C17H34NO4P.C17H17NO3/c1-9-12-20-23(18(14(2)3)15(4)5)21-13-10-11-16(19)22-17(6,7)8;19-10-9-18-17(20)21-11-16-14-7-3-1-5-12(14)13-6-2-4-8-15(13)16/h9,14-15H,1,10-13H2,2-8H3;1-8,16,19H,9-11H2,(H,18,20). The zero-order valence-corrected chi connectivity index (χ0v) is 28.3. The molecule has 0 fully saturated rings. The number of ether oxygens (including phenoxy) is 2. The number of nitrogens with zero attached hydrogens (tertiary/aromatic N) is 1. The predicted octanol–water partition coefficient (Wildman–Crippen LogP) is 7.19. The van der Waals surface area contributed by atoms with Crippen LogP contribution >= 0.6 is 8.53 Å². The molecule has 2 aromatic carbocycles. The minimum absolute atomic E-state index is 0.0669. The zero-order valence-electron chi connectivity index (χ0n) is 27.4. The van der Waals surface area contributed by atoms with Crippen LogP contribution in [0.4, 0.5) is 4.79 Å². The summed E-state index contributed by atoms with van der Waals surface area (Å²) in [6.07, 6.45) is 2.20. The lowest BCUT2D eigenvalue weighted by atomic mass is 9.98. The van der Waals surface area contributed by atoms with Crippen LogP contribution < -0.4 is 5.32 Å². The first-order valence-electron chi connectivity index (χ1n) is 15.3. The van der Waals surface area contributed by atoms with E-state index >= 15 is 0 Å². The van der Waals surface area contributed by atoms with E-state index in [2.05, 4.69) is 68.5 Å². The number of fused-ring (bicyclic) bond motifs is 3. The van der Waals surface area contributed by atoms with Crippen molar-refractivity contribution in [3.8, 4) is 11.1 Å². The Labute approximate surface area is 264 Å². The Kier molecular flexibility index (Phi) is 16.0. The van der Waals surface area contributed by atoms with Gasteiger partial charge in [0.15, 0.2) is 0 Å². The molecule has 2 aromatic rings. The van der Waals surface area contributed by atoms with Gasteiger partial charge in [-0.2, -0.15) is 0 Å². The lowest BCUT2D eigenvalue weighted by Gasteiger charge is -2.35. The van der Waals surface area contributed by atoms with Gasteiger partial charge >= 0.3 is 12.1 Å². The van der Waals surface area contributed by atoms with Gasteiger partial charge in [-0.1, -0.05) is 54.6 Å². The van der Waals surface area contributed by atoms with Gasteiger partial charge in [-0.15, -0.1) is 6.58 Å². The van der Waals surface area contributed by atoms with E-state index in [0.29, 0.717) is 44.7 Å². The molecule has 1 atom stereocenters. The van der Waals surface area contributed by atoms with Crippen molar-refractivity contribution < 1.29 is 33.2 Å². The first-order chi connectivity index (χ1) is 20.9. The van der Waals surface area contributed by atoms with Crippen LogP contribution in [0.2, 0.25) is 0 Å². The van der Waals surface area contributed by atoms with Gasteiger partial charge in [0.1, 0.15) is 12.2 Å². The minimum Gasteiger partial charge on any atom is -0.460 e. The number of amides is 1. The molecule has 1 aliphatic carbocycles. The van der Waals surface area contributed by atoms with Crippen LogP contribution in [0.5, 0.6) is 0 Å². The molecule has 244 valence electrons. The average molecular weight is 631 g/mol. The lowest BCUT2D eigenvalue weighted by molar-refractivity contribution is -0.155. The lowest BCUT2D eigenvalue weighted by Crippen LogP contribution is -2.33. The third-order valence-electron chi connectivity index (χ3n) is 6.42. The van der Waals surface area contributed by atoms with Gasteiger partial charge in [-0.3, -0.25) is 4.79 Å². The topological polar surface area (TPSA) is 107 Å². The Morgan fingerprint density at radius 1 is 1.00 bits per heavy atom. The predicted molar refractivity (Wildman–Crippen MR) is 176 cm³/mol. The molecular formula is C34H51N2O7P. The summed E-state index contributed by atoms with van der Waals surface area (Å²) in [6, 6.07) is 17.0. The molecular weight excluding hydrogens is 579 g/mol. The molecule has 0 aliphatic heterocycles. The second-order valence-electron chi connectivity index (χ2n) is 11.9. The first kappa shape index (κ1) is 37.4. The molecule has 0 spiro atoms. The van der Waals surface area contributed by atoms with Gasteiger partial charge in [0.05, 0.1) is 19.8 Å². The Bertz CT molecular complexity index is 1130. The minimum atomic E-state index is -1.16. The van der Waals surface area contributed by atoms with Crippen LogP contribution in [-0.2, 0) is 23.3 Å². The Hall–Kier alpha value is -2.81. The molecule has 44 heavy (non-hydrogen) atoms. The fraction of sp³-hybridized carbons (Fsp3) is 0.529. The maximum Gasteiger partial charge on any atom is 0.407 e. The molecule has 0 radical (unpaired) electrons. The summed E-state index contributed by atoms with van der Waals surface area (Å²) in [6.45, 7) is 19.1. The van der Waals surface area contributed by atoms with Crippen LogP contribution in [0.3, 0.4) is 0 Å². The molecule has 3 rings (SSSR count). The van der Waals surface area contributed by atoms with Crippen LogP contribution in [0.25, 0.3) is 11.1 Å². The molecule has 9 nitrogen and oxygen atoms in total. The summed E-state index contributed by atoms with van der Waals surface area (Å²) < 4.78 is 24.5. The molecule has 1 amide bonds. The fourth-order valence-corrected chi connectivity index (χ4v) is 6.43. The molecule has 0 heterocycles. The molecule has 1 aliphatic rings. The number of carbonyl (C=O) groups excluding carboxylic acids is 2. The SMILES string of the molecule is C=CCOP(OCCCC(=O)OC(C)(C)C)N(C(C)C)C(C)C.O=C(NCCO)OCC1c2ccccc2-c2ccccc21. The van der Waals surface area contributed by atoms with Crippen molar-refractivity contribution in [1.29, 1.82) is 0 Å². The fourth-order valence-electron chi connectivity index (χ4n) is 4.82. The number of aliphatic hydroxyl groups is 1. The Morgan fingerprint density at radius 3 is 2.07 bits per heavy atom. The number of aliphatic hydroxyl groups excluding tert-OH is 1. The van der Waals surface area contributed by atoms with Crippen LogP contribution in [0.1, 0.15) is 78.4 Å². The summed E-state index contributed by atoms with van der Waals surface area (Å²) in [5, 5.41) is 11.2. The number of carbonyl (C=O) groups is 2. The van der Waals surface area contributed by atoms with Crippen LogP contribution in [0, 0.1) is 0 Å². The highest BCUT2D eigenvalue weighted by atomic mass is 31.2. The van der Waals surface area contributed by atoms with Crippen molar-refractivity contribution >= 4 is 20.6 Å². The second kappa shape index (κ2) is 18.9. The first-order valence-corrected chi connectivity index (χ1v) is 16.4. The molecule has 0 saturated carbocycles. The number of hydrogen-bond acceptors (Lipinski definition) is 8. The summed E-state index contributed by atoms with van der Waals surface area (Å²) in [7, 11) is -1.16. The summed E-state index contributed by atoms with van der Waals surface area (Å²) in [4.78, 5) is 23.2. The highest BCUT2D eigenvalue weighted by molar-refractivity contribution is 7.44. The molecule has 0 bridgehead atoms. The molecule has 0 saturated heterocycles. The summed E-state index contributed by atoms with van der Waals surface area (Å²) in [5.74, 6) is -0.126. The van der Waals surface area contributed by atoms with E-state index in [0.717, 1.165) is 0 Å². The van der Waals surface area contributed by atoms with Crippen molar-refractivity contribution in [2.75, 3.05) is 33.0 Å². The zero-order chi connectivity index (χ0) is 32.7. The highest BCUT2D eigenvalue weighted by Gasteiger charge is 2.29. The van der Waals surface area contributed by atoms with Gasteiger partial charge in [0, 0.05) is 31.0 Å². The van der Waals surface area contributed by atoms with Crippen molar-refractivity contribution in [3.63, 3.8) is 0 Å². The molecule has 2 N–H and O–H groups in total. The summed E-state index contributed by atoms with van der Waals surface area (Å²) in [5.41, 5.74) is 4.35. The van der Waals surface area contributed by atoms with Crippen molar-refractivity contribution in [2.45, 2.75) is 84.9 Å². The number of nitrogens with one attached hydrogen (secondary N) is 1. The molecule has 10 heteroatoms. The van der Waals surface area contributed by atoms with Gasteiger partial charge < -0.3 is 28.9 Å². The smallest absolute Gasteiger partial charge is 0.407 e. The van der Waals surface area contributed by atoms with E-state index in [9.17, 15) is 9.59 Å². The maximum atomic E-state index is 11.7. The molecule has 1 unspecified atom stereocenters. The van der Waals surface area contributed by atoms with Gasteiger partial charge in [-0.05, 0) is 77.1 Å². The second-order valence-corrected chi connectivity index (χ2v) is 13.3. The number of benzene rings is 2. The van der Waals surface area contributed by atoms with Gasteiger partial charge in [0.2, 0.25) is 0 Å². The van der Waals surface area contributed by atoms with E-state index in [4.69, 9.17) is 23.6 Å². The van der Waals surface area contributed by atoms with Gasteiger partial charge in [0.25, 0.3) is 8.53 Å². The van der Waals surface area contributed by atoms with E-state index in [1.165, 1.54) is 22.3 Å².